The quantitative estimate of drug-likeness (QED) is 0.534. The Morgan fingerprint density at radius 2 is 1.85 bits per heavy atom. The first-order chi connectivity index (χ1) is 13.1. The molecule has 2 aromatic heterocycles. The van der Waals surface area contributed by atoms with Crippen LogP contribution in [0.4, 0.5) is 5.13 Å². The number of fused-ring (bicyclic) bond motifs is 2. The first-order valence-electron chi connectivity index (χ1n) is 8.37. The SMILES string of the molecule is Cc1ccc([C@H]2c3c(oc4ccccc4c3=O)C(=O)N2c2nncs2)cc1. The molecule has 0 radical (unpaired) electrons. The molecule has 27 heavy (non-hydrogen) atoms. The van der Waals surface area contributed by atoms with Crippen LogP contribution in [0.2, 0.25) is 0 Å². The van der Waals surface area contributed by atoms with E-state index in [1.165, 1.54) is 16.2 Å². The van der Waals surface area contributed by atoms with Crippen molar-refractivity contribution in [2.75, 3.05) is 4.90 Å². The van der Waals surface area contributed by atoms with Gasteiger partial charge in [-0.1, -0.05) is 53.3 Å². The summed E-state index contributed by atoms with van der Waals surface area (Å²) in [5.41, 5.74) is 4.03. The van der Waals surface area contributed by atoms with Gasteiger partial charge in [-0.3, -0.25) is 14.5 Å². The molecule has 1 aliphatic heterocycles. The maximum atomic E-state index is 13.3. The Balaban J connectivity index is 1.83. The van der Waals surface area contributed by atoms with Crippen LogP contribution in [0.25, 0.3) is 11.0 Å². The molecular weight excluding hydrogens is 362 g/mol. The smallest absolute Gasteiger partial charge is 0.297 e. The standard InChI is InChI=1S/C20H13N3O3S/c1-11-6-8-12(9-7-11)16-15-17(24)13-4-2-3-5-14(13)26-18(15)19(25)23(16)20-22-21-10-27-20/h2-10,16H,1H3/t16-/m0/s1. The lowest BCUT2D eigenvalue weighted by Gasteiger charge is -2.22. The normalized spacial score (nSPS) is 16.1. The fraction of sp³-hybridized carbons (Fsp3) is 0.100. The van der Waals surface area contributed by atoms with Gasteiger partial charge in [0, 0.05) is 0 Å². The van der Waals surface area contributed by atoms with E-state index in [1.807, 2.05) is 31.2 Å². The number of carbonyl (C=O) groups is 1. The number of hydrogen-bond acceptors (Lipinski definition) is 6. The van der Waals surface area contributed by atoms with Crippen LogP contribution in [0.3, 0.4) is 0 Å². The number of aromatic nitrogens is 2. The number of nitrogens with zero attached hydrogens (tertiary/aromatic N) is 3. The van der Waals surface area contributed by atoms with Gasteiger partial charge in [0.1, 0.15) is 11.1 Å². The van der Waals surface area contributed by atoms with Crippen molar-refractivity contribution in [3.63, 3.8) is 0 Å². The minimum Gasteiger partial charge on any atom is -0.450 e. The van der Waals surface area contributed by atoms with Crippen molar-refractivity contribution in [2.45, 2.75) is 13.0 Å². The first kappa shape index (κ1) is 15.9. The molecule has 0 saturated carbocycles. The molecule has 7 heteroatoms. The molecule has 4 aromatic rings. The third-order valence-electron chi connectivity index (χ3n) is 4.73. The minimum absolute atomic E-state index is 0.0690. The van der Waals surface area contributed by atoms with Gasteiger partial charge >= 0.3 is 0 Å². The van der Waals surface area contributed by atoms with Crippen LogP contribution in [-0.4, -0.2) is 16.1 Å². The zero-order valence-corrected chi connectivity index (χ0v) is 15.1. The van der Waals surface area contributed by atoms with Crippen molar-refractivity contribution < 1.29 is 9.21 Å². The summed E-state index contributed by atoms with van der Waals surface area (Å²) in [5.74, 6) is -0.311. The second-order valence-electron chi connectivity index (χ2n) is 6.38. The van der Waals surface area contributed by atoms with E-state index in [2.05, 4.69) is 10.2 Å². The predicted molar refractivity (Wildman–Crippen MR) is 102 cm³/mol. The lowest BCUT2D eigenvalue weighted by atomic mass is 9.98. The van der Waals surface area contributed by atoms with Gasteiger partial charge in [0.25, 0.3) is 5.91 Å². The monoisotopic (exact) mass is 375 g/mol. The number of hydrogen-bond donors (Lipinski definition) is 0. The van der Waals surface area contributed by atoms with Crippen LogP contribution >= 0.6 is 11.3 Å². The van der Waals surface area contributed by atoms with Gasteiger partial charge < -0.3 is 4.42 Å². The second kappa shape index (κ2) is 5.85. The van der Waals surface area contributed by atoms with Gasteiger partial charge in [0.2, 0.25) is 10.9 Å². The summed E-state index contributed by atoms with van der Waals surface area (Å²) in [6, 6.07) is 14.1. The van der Waals surface area contributed by atoms with Crippen LogP contribution in [0, 0.1) is 6.92 Å². The van der Waals surface area contributed by atoms with E-state index >= 15 is 0 Å². The van der Waals surface area contributed by atoms with Crippen molar-refractivity contribution >= 4 is 33.3 Å². The molecule has 0 fully saturated rings. The van der Waals surface area contributed by atoms with Gasteiger partial charge in [-0.2, -0.15) is 0 Å². The zero-order valence-electron chi connectivity index (χ0n) is 14.2. The molecule has 3 heterocycles. The summed E-state index contributed by atoms with van der Waals surface area (Å²) in [6.45, 7) is 1.99. The number of para-hydroxylation sites is 1. The molecule has 2 aromatic carbocycles. The van der Waals surface area contributed by atoms with Crippen LogP contribution in [0.5, 0.6) is 0 Å². The average Bonchev–Trinajstić information content (AvgIpc) is 3.30. The number of amides is 1. The Bertz CT molecular complexity index is 1230. The van der Waals surface area contributed by atoms with E-state index in [1.54, 1.807) is 29.8 Å². The van der Waals surface area contributed by atoms with Crippen molar-refractivity contribution in [3.05, 3.63) is 86.7 Å². The highest BCUT2D eigenvalue weighted by Gasteiger charge is 2.44. The maximum absolute atomic E-state index is 13.3. The van der Waals surface area contributed by atoms with E-state index < -0.39 is 6.04 Å². The minimum atomic E-state index is -0.595. The number of rotatable bonds is 2. The highest BCUT2D eigenvalue weighted by molar-refractivity contribution is 7.13. The average molecular weight is 375 g/mol. The third-order valence-corrected chi connectivity index (χ3v) is 5.41. The van der Waals surface area contributed by atoms with Crippen molar-refractivity contribution in [2.24, 2.45) is 0 Å². The molecule has 0 aliphatic carbocycles. The Morgan fingerprint density at radius 1 is 1.07 bits per heavy atom. The molecule has 0 bridgehead atoms. The second-order valence-corrected chi connectivity index (χ2v) is 7.19. The number of aryl methyl sites for hydroxylation is 1. The molecule has 1 aliphatic rings. The summed E-state index contributed by atoms with van der Waals surface area (Å²) < 4.78 is 5.87. The largest absolute Gasteiger partial charge is 0.450 e. The first-order valence-corrected chi connectivity index (χ1v) is 9.25. The van der Waals surface area contributed by atoms with Gasteiger partial charge in [0.05, 0.1) is 17.0 Å². The Hall–Kier alpha value is -3.32. The summed E-state index contributed by atoms with van der Waals surface area (Å²) >= 11 is 1.25. The van der Waals surface area contributed by atoms with E-state index in [0.717, 1.165) is 11.1 Å². The summed E-state index contributed by atoms with van der Waals surface area (Å²) in [6.07, 6.45) is 0. The lowest BCUT2D eigenvalue weighted by molar-refractivity contribution is 0.0970. The number of carbonyl (C=O) groups excluding carboxylic acids is 1. The van der Waals surface area contributed by atoms with Gasteiger partial charge in [-0.25, -0.2) is 0 Å². The van der Waals surface area contributed by atoms with Gasteiger partial charge in [-0.15, -0.1) is 10.2 Å². The maximum Gasteiger partial charge on any atom is 0.297 e. The molecule has 132 valence electrons. The molecule has 1 atom stereocenters. The molecule has 0 unspecified atom stereocenters. The predicted octanol–water partition coefficient (Wildman–Crippen LogP) is 3.70. The Kier molecular flexibility index (Phi) is 3.45. The molecule has 0 N–H and O–H groups in total. The van der Waals surface area contributed by atoms with Crippen LogP contribution in [-0.2, 0) is 0 Å². The molecule has 0 spiro atoms. The molecular formula is C20H13N3O3S. The molecule has 1 amide bonds. The molecule has 0 saturated heterocycles. The number of anilines is 1. The third kappa shape index (κ3) is 2.32. The van der Waals surface area contributed by atoms with Gasteiger partial charge in [0.15, 0.2) is 5.43 Å². The zero-order chi connectivity index (χ0) is 18.5. The fourth-order valence-corrected chi connectivity index (χ4v) is 4.04. The number of benzene rings is 2. The lowest BCUT2D eigenvalue weighted by Crippen LogP contribution is -2.29. The van der Waals surface area contributed by atoms with E-state index in [9.17, 15) is 9.59 Å². The van der Waals surface area contributed by atoms with Crippen LogP contribution in [0.15, 0.2) is 63.3 Å². The van der Waals surface area contributed by atoms with Crippen molar-refractivity contribution in [1.82, 2.24) is 10.2 Å². The van der Waals surface area contributed by atoms with E-state index in [4.69, 9.17) is 4.42 Å². The van der Waals surface area contributed by atoms with E-state index in [-0.39, 0.29) is 17.1 Å². The Labute approximate surface area is 157 Å². The van der Waals surface area contributed by atoms with E-state index in [0.29, 0.717) is 21.7 Å². The highest BCUT2D eigenvalue weighted by Crippen LogP contribution is 2.41. The van der Waals surface area contributed by atoms with Crippen molar-refractivity contribution in [3.8, 4) is 0 Å². The highest BCUT2D eigenvalue weighted by atomic mass is 32.1. The summed E-state index contributed by atoms with van der Waals surface area (Å²) in [5, 5.41) is 8.79. The van der Waals surface area contributed by atoms with Crippen LogP contribution in [0.1, 0.15) is 33.3 Å². The Morgan fingerprint density at radius 3 is 2.59 bits per heavy atom. The van der Waals surface area contributed by atoms with Gasteiger partial charge in [-0.05, 0) is 24.6 Å². The fourth-order valence-electron chi connectivity index (χ4n) is 3.45. The molecule has 5 rings (SSSR count). The summed E-state index contributed by atoms with van der Waals surface area (Å²) in [7, 11) is 0. The van der Waals surface area contributed by atoms with Crippen molar-refractivity contribution in [1.29, 1.82) is 0 Å². The summed E-state index contributed by atoms with van der Waals surface area (Å²) in [4.78, 5) is 27.9. The molecule has 6 nitrogen and oxygen atoms in total. The van der Waals surface area contributed by atoms with Crippen LogP contribution < -0.4 is 10.3 Å². The topological polar surface area (TPSA) is 76.3 Å².